The second-order valence-corrected chi connectivity index (χ2v) is 8.39. The van der Waals surface area contributed by atoms with E-state index in [4.69, 9.17) is 4.74 Å². The van der Waals surface area contributed by atoms with E-state index in [-0.39, 0.29) is 12.3 Å². The molecule has 0 aliphatic heterocycles. The molecule has 0 bridgehead atoms. The summed E-state index contributed by atoms with van der Waals surface area (Å²) in [4.78, 5) is 27.7. The first kappa shape index (κ1) is 23.1. The molecule has 0 saturated carbocycles. The average molecular weight is 470 g/mol. The number of rotatable bonds is 10. The van der Waals surface area contributed by atoms with Crippen LogP contribution in [0.25, 0.3) is 0 Å². The van der Waals surface area contributed by atoms with Gasteiger partial charge in [-0.25, -0.2) is 4.79 Å². The van der Waals surface area contributed by atoms with Crippen LogP contribution >= 0.6 is 11.3 Å². The Morgan fingerprint density at radius 2 is 1.47 bits per heavy atom. The van der Waals surface area contributed by atoms with Crippen LogP contribution in [0.3, 0.4) is 0 Å². The first-order valence-corrected chi connectivity index (χ1v) is 11.6. The number of carbonyl (C=O) groups is 1. The summed E-state index contributed by atoms with van der Waals surface area (Å²) in [7, 11) is 0. The van der Waals surface area contributed by atoms with E-state index >= 15 is 0 Å². The number of benzene rings is 3. The highest BCUT2D eigenvalue weighted by atomic mass is 32.1. The Balaban J connectivity index is 1.76. The maximum absolute atomic E-state index is 12.3. The standard InChI is InChI=1S/C27H23N3O3S/c1-2-12-23(30-32)25(31)33-24-19-34-26(28-24)29-27(20-13-6-3-7-14-20,21-15-8-4-9-16-21)22-17-10-5-11-18-22/h2-11,13-19,23H,1,12H2,(H,28,29). The van der Waals surface area contributed by atoms with Gasteiger partial charge in [0.1, 0.15) is 5.54 Å². The van der Waals surface area contributed by atoms with Gasteiger partial charge in [0, 0.05) is 6.42 Å². The minimum atomic E-state index is -1.15. The van der Waals surface area contributed by atoms with Gasteiger partial charge in [-0.3, -0.25) is 0 Å². The predicted octanol–water partition coefficient (Wildman–Crippen LogP) is 6.16. The van der Waals surface area contributed by atoms with Crippen molar-refractivity contribution in [2.45, 2.75) is 18.0 Å². The second-order valence-electron chi connectivity index (χ2n) is 7.53. The molecule has 170 valence electrons. The highest BCUT2D eigenvalue weighted by molar-refractivity contribution is 7.13. The van der Waals surface area contributed by atoms with Crippen molar-refractivity contribution in [2.75, 3.05) is 5.32 Å². The first-order chi connectivity index (χ1) is 16.7. The van der Waals surface area contributed by atoms with Gasteiger partial charge in [-0.15, -0.1) is 22.8 Å². The van der Waals surface area contributed by atoms with E-state index in [1.54, 1.807) is 5.38 Å². The van der Waals surface area contributed by atoms with E-state index < -0.39 is 17.6 Å². The van der Waals surface area contributed by atoms with Gasteiger partial charge >= 0.3 is 5.97 Å². The van der Waals surface area contributed by atoms with Crippen molar-refractivity contribution in [3.05, 3.63) is 131 Å². The molecule has 0 amide bonds. The van der Waals surface area contributed by atoms with Crippen LogP contribution < -0.4 is 10.1 Å². The van der Waals surface area contributed by atoms with E-state index in [0.29, 0.717) is 5.13 Å². The van der Waals surface area contributed by atoms with Gasteiger partial charge in [0.2, 0.25) is 5.88 Å². The number of carbonyl (C=O) groups excluding carboxylic acids is 1. The van der Waals surface area contributed by atoms with E-state index in [1.807, 2.05) is 54.6 Å². The maximum atomic E-state index is 12.3. The highest BCUT2D eigenvalue weighted by Crippen LogP contribution is 2.41. The molecule has 34 heavy (non-hydrogen) atoms. The van der Waals surface area contributed by atoms with Crippen molar-refractivity contribution in [3.63, 3.8) is 0 Å². The summed E-state index contributed by atoms with van der Waals surface area (Å²) in [6.45, 7) is 3.54. The lowest BCUT2D eigenvalue weighted by atomic mass is 9.77. The SMILES string of the molecule is C=CCC(N=O)C(=O)Oc1csc(NC(c2ccccc2)(c2ccccc2)c2ccccc2)n1. The molecule has 0 aliphatic carbocycles. The fourth-order valence-electron chi connectivity index (χ4n) is 3.82. The Bertz CT molecular complexity index is 1150. The maximum Gasteiger partial charge on any atom is 0.341 e. The van der Waals surface area contributed by atoms with Crippen LogP contribution in [0.15, 0.2) is 114 Å². The third-order valence-electron chi connectivity index (χ3n) is 5.39. The molecule has 7 heteroatoms. The zero-order valence-electron chi connectivity index (χ0n) is 18.3. The number of nitroso groups, excluding NO2 is 1. The van der Waals surface area contributed by atoms with Crippen molar-refractivity contribution in [3.8, 4) is 5.88 Å². The number of anilines is 1. The number of nitrogens with zero attached hydrogens (tertiary/aromatic N) is 2. The molecule has 6 nitrogen and oxygen atoms in total. The fourth-order valence-corrected chi connectivity index (χ4v) is 4.48. The lowest BCUT2D eigenvalue weighted by Crippen LogP contribution is -2.38. The lowest BCUT2D eigenvalue weighted by molar-refractivity contribution is -0.135. The van der Waals surface area contributed by atoms with Crippen molar-refractivity contribution < 1.29 is 9.53 Å². The number of esters is 1. The summed E-state index contributed by atoms with van der Waals surface area (Å²) >= 11 is 1.31. The highest BCUT2D eigenvalue weighted by Gasteiger charge is 2.37. The molecular formula is C27H23N3O3S. The van der Waals surface area contributed by atoms with Gasteiger partial charge in [0.25, 0.3) is 0 Å². The Kier molecular flexibility index (Phi) is 7.25. The molecule has 1 aromatic heterocycles. The number of thiazole rings is 1. The third kappa shape index (κ3) is 4.79. The van der Waals surface area contributed by atoms with E-state index in [9.17, 15) is 9.70 Å². The Labute approximate surface area is 201 Å². The summed E-state index contributed by atoms with van der Waals surface area (Å²) in [6.07, 6.45) is 1.56. The van der Waals surface area contributed by atoms with Crippen LogP contribution in [0.2, 0.25) is 0 Å². The molecule has 1 unspecified atom stereocenters. The molecule has 0 radical (unpaired) electrons. The zero-order valence-corrected chi connectivity index (χ0v) is 19.2. The smallest absolute Gasteiger partial charge is 0.341 e. The van der Waals surface area contributed by atoms with Gasteiger partial charge in [0.05, 0.1) is 5.38 Å². The van der Waals surface area contributed by atoms with Gasteiger partial charge in [-0.05, 0) is 16.7 Å². The summed E-state index contributed by atoms with van der Waals surface area (Å²) in [5.74, 6) is -0.648. The van der Waals surface area contributed by atoms with Gasteiger partial charge in [-0.1, -0.05) is 102 Å². The van der Waals surface area contributed by atoms with Crippen molar-refractivity contribution in [1.82, 2.24) is 4.98 Å². The van der Waals surface area contributed by atoms with Crippen molar-refractivity contribution >= 4 is 22.4 Å². The molecule has 0 saturated heterocycles. The molecule has 0 spiro atoms. The quantitative estimate of drug-likeness (QED) is 0.130. The monoisotopic (exact) mass is 469 g/mol. The topological polar surface area (TPSA) is 80.7 Å². The lowest BCUT2D eigenvalue weighted by Gasteiger charge is -2.36. The van der Waals surface area contributed by atoms with Crippen LogP contribution in [0.4, 0.5) is 5.13 Å². The minimum absolute atomic E-state index is 0.108. The Hall–Kier alpha value is -4.10. The molecule has 0 aliphatic rings. The number of aromatic nitrogens is 1. The van der Waals surface area contributed by atoms with Gasteiger partial charge < -0.3 is 10.1 Å². The van der Waals surface area contributed by atoms with Crippen molar-refractivity contribution in [1.29, 1.82) is 0 Å². The van der Waals surface area contributed by atoms with E-state index in [1.165, 1.54) is 17.4 Å². The largest absolute Gasteiger partial charge is 0.405 e. The molecular weight excluding hydrogens is 446 g/mol. The molecule has 3 aromatic carbocycles. The Morgan fingerprint density at radius 1 is 0.971 bits per heavy atom. The summed E-state index contributed by atoms with van der Waals surface area (Å²) in [6, 6.07) is 29.2. The Morgan fingerprint density at radius 3 is 1.91 bits per heavy atom. The average Bonchev–Trinajstić information content (AvgIpc) is 3.33. The molecule has 1 N–H and O–H groups in total. The number of ether oxygens (including phenoxy) is 1. The zero-order chi connectivity index (χ0) is 23.8. The van der Waals surface area contributed by atoms with Crippen LogP contribution in [-0.2, 0) is 10.3 Å². The van der Waals surface area contributed by atoms with Crippen LogP contribution in [0.5, 0.6) is 5.88 Å². The van der Waals surface area contributed by atoms with Crippen LogP contribution in [-0.4, -0.2) is 17.0 Å². The number of hydrogen-bond acceptors (Lipinski definition) is 7. The molecule has 4 rings (SSSR count). The summed E-state index contributed by atoms with van der Waals surface area (Å²) in [5, 5.41) is 8.62. The first-order valence-electron chi connectivity index (χ1n) is 10.7. The van der Waals surface area contributed by atoms with Crippen LogP contribution in [0.1, 0.15) is 23.1 Å². The van der Waals surface area contributed by atoms with Crippen molar-refractivity contribution in [2.24, 2.45) is 5.18 Å². The molecule has 4 aromatic rings. The second kappa shape index (κ2) is 10.7. The third-order valence-corrected chi connectivity index (χ3v) is 6.13. The fraction of sp³-hybridized carbons (Fsp3) is 0.111. The minimum Gasteiger partial charge on any atom is -0.405 e. The van der Waals surface area contributed by atoms with E-state index in [2.05, 4.69) is 58.5 Å². The predicted molar refractivity (Wildman–Crippen MR) is 135 cm³/mol. The van der Waals surface area contributed by atoms with Gasteiger partial charge in [0.15, 0.2) is 11.2 Å². The normalized spacial score (nSPS) is 11.9. The number of hydrogen-bond donors (Lipinski definition) is 1. The molecule has 0 fully saturated rings. The molecule has 1 heterocycles. The summed E-state index contributed by atoms with van der Waals surface area (Å²) < 4.78 is 5.31. The summed E-state index contributed by atoms with van der Waals surface area (Å²) in [5.41, 5.74) is 2.32. The molecule has 1 atom stereocenters. The number of nitrogens with one attached hydrogen (secondary N) is 1. The van der Waals surface area contributed by atoms with Gasteiger partial charge in [-0.2, -0.15) is 4.98 Å². The van der Waals surface area contributed by atoms with E-state index in [0.717, 1.165) is 16.7 Å². The van der Waals surface area contributed by atoms with Crippen LogP contribution in [0, 0.1) is 4.91 Å².